The Morgan fingerprint density at radius 2 is 2.05 bits per heavy atom. The fourth-order valence-electron chi connectivity index (χ4n) is 4.44. The smallest absolute Gasteiger partial charge is 0.123 e. The van der Waals surface area contributed by atoms with E-state index in [4.69, 9.17) is 11.6 Å². The Morgan fingerprint density at radius 3 is 2.79 bits per heavy atom. The van der Waals surface area contributed by atoms with Crippen LogP contribution in [0.5, 0.6) is 0 Å². The molecule has 0 saturated heterocycles. The van der Waals surface area contributed by atoms with Crippen molar-refractivity contribution in [1.82, 2.24) is 25.0 Å². The first-order valence-corrected chi connectivity index (χ1v) is 12.9. The van der Waals surface area contributed by atoms with Gasteiger partial charge in [-0.2, -0.15) is 5.26 Å². The zero-order chi connectivity index (χ0) is 27.7. The molecule has 3 aromatic heterocycles. The van der Waals surface area contributed by atoms with Crippen molar-refractivity contribution in [3.05, 3.63) is 107 Å². The van der Waals surface area contributed by atoms with Crippen molar-refractivity contribution < 1.29 is 5.76 Å². The van der Waals surface area contributed by atoms with Gasteiger partial charge in [0.25, 0.3) is 0 Å². The zero-order valence-electron chi connectivity index (χ0n) is 21.8. The second-order valence-electron chi connectivity index (χ2n) is 9.37. The van der Waals surface area contributed by atoms with Crippen molar-refractivity contribution in [2.75, 3.05) is 17.2 Å². The lowest BCUT2D eigenvalue weighted by Gasteiger charge is -2.20. The number of aromatic nitrogens is 5. The lowest BCUT2D eigenvalue weighted by atomic mass is 10.0. The quantitative estimate of drug-likeness (QED) is 0.234. The summed E-state index contributed by atoms with van der Waals surface area (Å²) in [5, 5.41) is 26.0. The molecular weight excluding hydrogens is 515 g/mol. The van der Waals surface area contributed by atoms with Crippen molar-refractivity contribution in [3.8, 4) is 6.07 Å². The van der Waals surface area contributed by atoms with E-state index in [0.29, 0.717) is 57.1 Å². The van der Waals surface area contributed by atoms with E-state index in [-0.39, 0.29) is 6.04 Å². The van der Waals surface area contributed by atoms with Crippen LogP contribution in [-0.4, -0.2) is 31.5 Å². The van der Waals surface area contributed by atoms with E-state index in [0.717, 1.165) is 18.4 Å². The van der Waals surface area contributed by atoms with Gasteiger partial charge in [0.2, 0.25) is 0 Å². The molecule has 0 radical (unpaired) electrons. The number of rotatable bonds is 9. The molecule has 39 heavy (non-hydrogen) atoms. The number of nitrogens with zero attached hydrogens (tertiary/aromatic N) is 6. The Labute approximate surface area is 230 Å². The van der Waals surface area contributed by atoms with Gasteiger partial charge in [-0.25, -0.2) is 9.07 Å². The Morgan fingerprint density at radius 1 is 1.21 bits per heavy atom. The molecule has 8 nitrogen and oxygen atoms in total. The largest absolute Gasteiger partial charge is 0.383 e. The second kappa shape index (κ2) is 10.7. The van der Waals surface area contributed by atoms with Gasteiger partial charge >= 0.3 is 0 Å². The van der Waals surface area contributed by atoms with Gasteiger partial charge in [-0.05, 0) is 60.7 Å². The van der Waals surface area contributed by atoms with Crippen LogP contribution in [-0.2, 0) is 6.42 Å². The molecule has 1 saturated carbocycles. The molecule has 5 aromatic rings. The SMILES string of the molecule is [2H]C(Nc1cc(Cl)c2ncc(C#N)c(NCCc3cccnc3)c2c1)(c1ccc(F)cc1)c1cn(C2CC2)nn1. The highest BCUT2D eigenvalue weighted by Crippen LogP contribution is 2.37. The van der Waals surface area contributed by atoms with Gasteiger partial charge in [0.1, 0.15) is 17.6 Å². The molecule has 10 heteroatoms. The molecule has 1 aliphatic rings. The minimum absolute atomic E-state index is 0.282. The summed E-state index contributed by atoms with van der Waals surface area (Å²) >= 11 is 6.69. The van der Waals surface area contributed by atoms with Crippen LogP contribution in [0.15, 0.2) is 73.3 Å². The maximum Gasteiger partial charge on any atom is 0.123 e. The highest BCUT2D eigenvalue weighted by atomic mass is 35.5. The summed E-state index contributed by atoms with van der Waals surface area (Å²) in [5.41, 5.74) is 3.89. The zero-order valence-corrected chi connectivity index (χ0v) is 21.5. The first kappa shape index (κ1) is 23.6. The summed E-state index contributed by atoms with van der Waals surface area (Å²) < 4.78 is 25.1. The van der Waals surface area contributed by atoms with Gasteiger partial charge in [-0.3, -0.25) is 9.97 Å². The Hall–Kier alpha value is -4.55. The molecule has 0 bridgehead atoms. The number of fused-ring (bicyclic) bond motifs is 1. The maximum atomic E-state index is 13.8. The fourth-order valence-corrected chi connectivity index (χ4v) is 4.71. The van der Waals surface area contributed by atoms with Crippen LogP contribution in [0.2, 0.25) is 5.02 Å². The molecule has 6 rings (SSSR count). The topological polar surface area (TPSA) is 104 Å². The van der Waals surface area contributed by atoms with E-state index in [1.165, 1.54) is 18.3 Å². The minimum Gasteiger partial charge on any atom is -0.383 e. The van der Waals surface area contributed by atoms with Crippen LogP contribution in [0.1, 0.15) is 48.7 Å². The highest BCUT2D eigenvalue weighted by molar-refractivity contribution is 6.35. The molecule has 1 aliphatic carbocycles. The third-order valence-electron chi connectivity index (χ3n) is 6.57. The molecule has 0 aliphatic heterocycles. The van der Waals surface area contributed by atoms with Crippen LogP contribution in [0.4, 0.5) is 15.8 Å². The average molecular weight is 540 g/mol. The van der Waals surface area contributed by atoms with E-state index in [1.54, 1.807) is 47.5 Å². The molecule has 0 amide bonds. The molecule has 2 aromatic carbocycles. The molecule has 194 valence electrons. The predicted molar refractivity (Wildman–Crippen MR) is 148 cm³/mol. The first-order valence-electron chi connectivity index (χ1n) is 13.1. The normalized spacial score (nSPS) is 14.8. The summed E-state index contributed by atoms with van der Waals surface area (Å²) in [6, 6.07) is 14.0. The van der Waals surface area contributed by atoms with Gasteiger partial charge in [0, 0.05) is 36.2 Å². The van der Waals surface area contributed by atoms with E-state index in [1.807, 2.05) is 12.1 Å². The third kappa shape index (κ3) is 5.38. The molecule has 2 N–H and O–H groups in total. The lowest BCUT2D eigenvalue weighted by Crippen LogP contribution is -2.13. The molecule has 1 unspecified atom stereocenters. The van der Waals surface area contributed by atoms with Crippen molar-refractivity contribution >= 4 is 33.9 Å². The summed E-state index contributed by atoms with van der Waals surface area (Å²) in [7, 11) is 0. The summed E-state index contributed by atoms with van der Waals surface area (Å²) in [6.07, 6.45) is 9.51. The average Bonchev–Trinajstić information content (AvgIpc) is 3.69. The Bertz CT molecular complexity index is 1720. The molecule has 1 fully saturated rings. The maximum absolute atomic E-state index is 13.8. The third-order valence-corrected chi connectivity index (χ3v) is 6.86. The molecule has 0 spiro atoms. The summed E-state index contributed by atoms with van der Waals surface area (Å²) in [6.45, 7) is 0.553. The molecule has 1 atom stereocenters. The van der Waals surface area contributed by atoms with E-state index in [2.05, 4.69) is 37.0 Å². The van der Waals surface area contributed by atoms with E-state index >= 15 is 0 Å². The summed E-state index contributed by atoms with van der Waals surface area (Å²) in [4.78, 5) is 8.58. The lowest BCUT2D eigenvalue weighted by molar-refractivity contribution is 0.610. The Kier molecular flexibility index (Phi) is 6.45. The number of hydrogen-bond donors (Lipinski definition) is 2. The van der Waals surface area contributed by atoms with Crippen LogP contribution in [0.25, 0.3) is 10.9 Å². The van der Waals surface area contributed by atoms with Crippen molar-refractivity contribution in [2.45, 2.75) is 31.3 Å². The number of benzene rings is 2. The van der Waals surface area contributed by atoms with E-state index in [9.17, 15) is 11.0 Å². The fraction of sp³-hybridized carbons (Fsp3) is 0.207. The van der Waals surface area contributed by atoms with Crippen molar-refractivity contribution in [2.24, 2.45) is 0 Å². The van der Waals surface area contributed by atoms with Gasteiger partial charge in [-0.1, -0.05) is 35.0 Å². The van der Waals surface area contributed by atoms with Crippen LogP contribution in [0.3, 0.4) is 0 Å². The number of hydrogen-bond acceptors (Lipinski definition) is 7. The first-order chi connectivity index (χ1) is 19.4. The van der Waals surface area contributed by atoms with Gasteiger partial charge in [0.15, 0.2) is 0 Å². The van der Waals surface area contributed by atoms with Crippen molar-refractivity contribution in [3.63, 3.8) is 0 Å². The van der Waals surface area contributed by atoms with Crippen LogP contribution in [0, 0.1) is 17.1 Å². The number of halogens is 2. The van der Waals surface area contributed by atoms with E-state index < -0.39 is 11.8 Å². The van der Waals surface area contributed by atoms with Crippen LogP contribution >= 0.6 is 11.6 Å². The minimum atomic E-state index is -1.61. The second-order valence-corrected chi connectivity index (χ2v) is 9.78. The highest BCUT2D eigenvalue weighted by Gasteiger charge is 2.27. The molecular formula is C29H24ClFN8. The Balaban J connectivity index is 1.39. The van der Waals surface area contributed by atoms with Gasteiger partial charge < -0.3 is 10.6 Å². The monoisotopic (exact) mass is 539 g/mol. The van der Waals surface area contributed by atoms with Gasteiger partial charge in [0.05, 0.1) is 41.4 Å². The standard InChI is InChI=1S/C29H24ClFN8/c30-25-13-22(36-28(19-3-5-21(31)6-4-19)26-17-39(38-37-26)23-7-8-23)12-24-27(20(14-32)16-35-29(24)25)34-11-9-18-2-1-10-33-15-18/h1-6,10,12-13,15-17,23,28,36H,7-9,11H2,(H,34,35)/i28D. The van der Waals surface area contributed by atoms with Crippen molar-refractivity contribution in [1.29, 1.82) is 5.26 Å². The van der Waals surface area contributed by atoms with Crippen LogP contribution < -0.4 is 10.6 Å². The number of nitrogens with one attached hydrogen (secondary N) is 2. The van der Waals surface area contributed by atoms with Gasteiger partial charge in [-0.15, -0.1) is 5.10 Å². The number of nitriles is 1. The number of anilines is 2. The molecule has 3 heterocycles. The summed E-state index contributed by atoms with van der Waals surface area (Å²) in [5.74, 6) is -0.404. The number of pyridine rings is 2. The predicted octanol–water partition coefficient (Wildman–Crippen LogP) is 6.08.